The van der Waals surface area contributed by atoms with Gasteiger partial charge >= 0.3 is 5.97 Å². The fourth-order valence-electron chi connectivity index (χ4n) is 1.95. The van der Waals surface area contributed by atoms with Crippen LogP contribution in [0.4, 0.5) is 0 Å². The lowest BCUT2D eigenvalue weighted by molar-refractivity contribution is -0.125. The Balaban J connectivity index is 2.40. The van der Waals surface area contributed by atoms with E-state index in [4.69, 9.17) is 10.5 Å². The monoisotopic (exact) mass is 260 g/mol. The zero-order valence-electron chi connectivity index (χ0n) is 10.9. The van der Waals surface area contributed by atoms with Crippen LogP contribution in [0, 0.1) is 0 Å². The molecule has 2 rings (SSSR count). The molecule has 1 aromatic carbocycles. The number of rotatable bonds is 4. The van der Waals surface area contributed by atoms with Crippen molar-refractivity contribution >= 4 is 22.8 Å². The van der Waals surface area contributed by atoms with Crippen molar-refractivity contribution in [3.63, 3.8) is 0 Å². The van der Waals surface area contributed by atoms with Crippen LogP contribution in [0.3, 0.4) is 0 Å². The van der Waals surface area contributed by atoms with Crippen LogP contribution in [0.1, 0.15) is 24.2 Å². The van der Waals surface area contributed by atoms with E-state index in [1.54, 1.807) is 6.20 Å². The number of hydrogen-bond acceptors (Lipinski definition) is 3. The summed E-state index contributed by atoms with van der Waals surface area (Å²) < 4.78 is 7.00. The third-order valence-corrected chi connectivity index (χ3v) is 3.03. The van der Waals surface area contributed by atoms with Gasteiger partial charge in [-0.05, 0) is 19.9 Å². The molecule has 5 heteroatoms. The van der Waals surface area contributed by atoms with Crippen molar-refractivity contribution in [3.05, 3.63) is 36.0 Å². The number of esters is 1. The smallest absolute Gasteiger partial charge is 0.341 e. The van der Waals surface area contributed by atoms with Gasteiger partial charge in [0.15, 0.2) is 6.10 Å². The summed E-state index contributed by atoms with van der Waals surface area (Å²) in [6.45, 7) is 4.20. The molecule has 2 aromatic rings. The van der Waals surface area contributed by atoms with Crippen molar-refractivity contribution in [2.45, 2.75) is 26.5 Å². The first-order valence-corrected chi connectivity index (χ1v) is 6.12. The van der Waals surface area contributed by atoms with Gasteiger partial charge in [0.1, 0.15) is 0 Å². The highest BCUT2D eigenvalue weighted by atomic mass is 16.5. The minimum Gasteiger partial charge on any atom is -0.449 e. The van der Waals surface area contributed by atoms with E-state index in [9.17, 15) is 9.59 Å². The van der Waals surface area contributed by atoms with Crippen molar-refractivity contribution in [1.29, 1.82) is 0 Å². The highest BCUT2D eigenvalue weighted by molar-refractivity contribution is 6.05. The minimum absolute atomic E-state index is 0.450. The van der Waals surface area contributed by atoms with Gasteiger partial charge in [-0.15, -0.1) is 0 Å². The van der Waals surface area contributed by atoms with Gasteiger partial charge in [-0.3, -0.25) is 4.79 Å². The van der Waals surface area contributed by atoms with Gasteiger partial charge in [0.25, 0.3) is 5.91 Å². The molecule has 1 heterocycles. The van der Waals surface area contributed by atoms with Crippen molar-refractivity contribution in [2.24, 2.45) is 5.73 Å². The number of aryl methyl sites for hydroxylation is 1. The number of primary amides is 1. The van der Waals surface area contributed by atoms with E-state index in [1.165, 1.54) is 6.92 Å². The highest BCUT2D eigenvalue weighted by Gasteiger charge is 2.20. The molecule has 100 valence electrons. The van der Waals surface area contributed by atoms with E-state index in [2.05, 4.69) is 0 Å². The summed E-state index contributed by atoms with van der Waals surface area (Å²) in [5, 5.41) is 0.811. The van der Waals surface area contributed by atoms with Crippen LogP contribution in [-0.4, -0.2) is 22.5 Å². The highest BCUT2D eigenvalue weighted by Crippen LogP contribution is 2.22. The largest absolute Gasteiger partial charge is 0.449 e. The quantitative estimate of drug-likeness (QED) is 0.850. The van der Waals surface area contributed by atoms with Crippen LogP contribution in [0.5, 0.6) is 0 Å². The van der Waals surface area contributed by atoms with Gasteiger partial charge in [-0.2, -0.15) is 0 Å². The fraction of sp³-hybridized carbons (Fsp3) is 0.286. The summed E-state index contributed by atoms with van der Waals surface area (Å²) in [6.07, 6.45) is 0.803. The molecule has 1 atom stereocenters. The van der Waals surface area contributed by atoms with Gasteiger partial charge in [-0.1, -0.05) is 18.2 Å². The Labute approximate surface area is 110 Å². The number of aromatic nitrogens is 1. The lowest BCUT2D eigenvalue weighted by atomic mass is 10.2. The van der Waals surface area contributed by atoms with Crippen molar-refractivity contribution < 1.29 is 14.3 Å². The zero-order valence-corrected chi connectivity index (χ0v) is 10.9. The number of fused-ring (bicyclic) bond motifs is 1. The second kappa shape index (κ2) is 5.14. The van der Waals surface area contributed by atoms with Crippen molar-refractivity contribution in [3.8, 4) is 0 Å². The minimum atomic E-state index is -0.934. The van der Waals surface area contributed by atoms with Gasteiger partial charge < -0.3 is 15.0 Å². The molecule has 0 radical (unpaired) electrons. The number of carbonyl (C=O) groups is 2. The summed E-state index contributed by atoms with van der Waals surface area (Å²) >= 11 is 0. The number of ether oxygens (including phenoxy) is 1. The average Bonchev–Trinajstić information content (AvgIpc) is 2.77. The summed E-state index contributed by atoms with van der Waals surface area (Å²) in [5.41, 5.74) is 6.50. The maximum absolute atomic E-state index is 12.1. The van der Waals surface area contributed by atoms with E-state index >= 15 is 0 Å². The molecule has 0 aliphatic rings. The van der Waals surface area contributed by atoms with Crippen LogP contribution in [0.2, 0.25) is 0 Å². The molecule has 0 unspecified atom stereocenters. The Morgan fingerprint density at radius 2 is 2.05 bits per heavy atom. The molecule has 2 N–H and O–H groups in total. The number of benzene rings is 1. The molecule has 19 heavy (non-hydrogen) atoms. The fourth-order valence-corrected chi connectivity index (χ4v) is 1.95. The Hall–Kier alpha value is -2.30. The molecule has 0 fully saturated rings. The Morgan fingerprint density at radius 1 is 1.37 bits per heavy atom. The first kappa shape index (κ1) is 13.1. The first-order chi connectivity index (χ1) is 9.04. The molecule has 0 aliphatic carbocycles. The normalized spacial score (nSPS) is 12.3. The molecule has 0 bridgehead atoms. The number of carbonyl (C=O) groups excluding carboxylic acids is 2. The summed E-state index contributed by atoms with van der Waals surface area (Å²) in [7, 11) is 0. The predicted molar refractivity (Wildman–Crippen MR) is 71.7 cm³/mol. The molecule has 0 saturated carbocycles. The van der Waals surface area contributed by atoms with Gasteiger partial charge in [0.2, 0.25) is 0 Å². The van der Waals surface area contributed by atoms with E-state index in [-0.39, 0.29) is 0 Å². The molecule has 0 saturated heterocycles. The molecule has 1 aromatic heterocycles. The molecule has 1 amide bonds. The second-order valence-electron chi connectivity index (χ2n) is 4.30. The van der Waals surface area contributed by atoms with Crippen LogP contribution in [-0.2, 0) is 16.1 Å². The van der Waals surface area contributed by atoms with Crippen molar-refractivity contribution in [2.75, 3.05) is 0 Å². The van der Waals surface area contributed by atoms with Crippen LogP contribution in [0.15, 0.2) is 30.5 Å². The second-order valence-corrected chi connectivity index (χ2v) is 4.30. The van der Waals surface area contributed by atoms with Gasteiger partial charge in [0.05, 0.1) is 5.56 Å². The number of para-hydroxylation sites is 1. The predicted octanol–water partition coefficient (Wildman–Crippen LogP) is 1.69. The third-order valence-electron chi connectivity index (χ3n) is 3.03. The SMILES string of the molecule is CCn1cc(C(=O)O[C@H](C)C(N)=O)c2ccccc21. The Morgan fingerprint density at radius 3 is 2.68 bits per heavy atom. The maximum Gasteiger partial charge on any atom is 0.341 e. The number of nitrogens with two attached hydrogens (primary N) is 1. The van der Waals surface area contributed by atoms with Crippen LogP contribution in [0.25, 0.3) is 10.9 Å². The molecular formula is C14H16N2O3. The topological polar surface area (TPSA) is 74.3 Å². The number of amides is 1. The first-order valence-electron chi connectivity index (χ1n) is 6.12. The molecule has 0 spiro atoms. The van der Waals surface area contributed by atoms with E-state index in [0.717, 1.165) is 17.4 Å². The van der Waals surface area contributed by atoms with Crippen LogP contribution < -0.4 is 5.73 Å². The molecular weight excluding hydrogens is 244 g/mol. The van der Waals surface area contributed by atoms with Crippen molar-refractivity contribution in [1.82, 2.24) is 4.57 Å². The lowest BCUT2D eigenvalue weighted by Gasteiger charge is -2.08. The standard InChI is InChI=1S/C14H16N2O3/c1-3-16-8-11(10-6-4-5-7-12(10)16)14(18)19-9(2)13(15)17/h4-9H,3H2,1-2H3,(H2,15,17)/t9-/m1/s1. The Bertz CT molecular complexity index is 631. The molecule has 5 nitrogen and oxygen atoms in total. The molecule has 0 aliphatic heterocycles. The number of nitrogens with zero attached hydrogens (tertiary/aromatic N) is 1. The van der Waals surface area contributed by atoms with E-state index in [1.807, 2.05) is 35.8 Å². The van der Waals surface area contributed by atoms with E-state index < -0.39 is 18.0 Å². The van der Waals surface area contributed by atoms with Gasteiger partial charge in [-0.25, -0.2) is 4.79 Å². The van der Waals surface area contributed by atoms with Crippen LogP contribution >= 0.6 is 0 Å². The average molecular weight is 260 g/mol. The maximum atomic E-state index is 12.1. The van der Waals surface area contributed by atoms with Gasteiger partial charge in [0, 0.05) is 23.6 Å². The third kappa shape index (κ3) is 2.45. The van der Waals surface area contributed by atoms with E-state index in [0.29, 0.717) is 5.56 Å². The summed E-state index contributed by atoms with van der Waals surface area (Å²) in [5.74, 6) is -1.19. The zero-order chi connectivity index (χ0) is 14.0. The number of hydrogen-bond donors (Lipinski definition) is 1. The lowest BCUT2D eigenvalue weighted by Crippen LogP contribution is -2.30. The Kier molecular flexibility index (Phi) is 3.55. The summed E-state index contributed by atoms with van der Waals surface area (Å²) in [6, 6.07) is 7.56. The summed E-state index contributed by atoms with van der Waals surface area (Å²) in [4.78, 5) is 23.0.